The number of halogens is 3. The molecule has 1 rings (SSSR count). The van der Waals surface area contributed by atoms with E-state index in [9.17, 15) is 23.3 Å². The molecular formula is C7H5F3N2O3. The summed E-state index contributed by atoms with van der Waals surface area (Å²) in [5.74, 6) is 0. The molecule has 0 aliphatic rings. The van der Waals surface area contributed by atoms with Crippen molar-refractivity contribution < 1.29 is 23.3 Å². The molecule has 8 heteroatoms. The molecule has 0 heterocycles. The highest BCUT2D eigenvalue weighted by molar-refractivity contribution is 5.49. The Kier molecular flexibility index (Phi) is 2.80. The Morgan fingerprint density at radius 1 is 1.27 bits per heavy atom. The van der Waals surface area contributed by atoms with E-state index in [1.54, 1.807) is 0 Å². The van der Waals surface area contributed by atoms with Gasteiger partial charge in [-0.15, -0.1) is 13.2 Å². The molecule has 0 fully saturated rings. The summed E-state index contributed by atoms with van der Waals surface area (Å²) in [5, 5.41) is 17.9. The van der Waals surface area contributed by atoms with Gasteiger partial charge in [-0.1, -0.05) is 0 Å². The monoisotopic (exact) mass is 222 g/mol. The molecule has 0 unspecified atom stereocenters. The molecule has 1 aromatic rings. The van der Waals surface area contributed by atoms with Crippen molar-refractivity contribution in [1.82, 2.24) is 0 Å². The topological polar surface area (TPSA) is 66.6 Å². The zero-order valence-electron chi connectivity index (χ0n) is 7.10. The molecule has 0 saturated carbocycles. The predicted molar refractivity (Wildman–Crippen MR) is 43.4 cm³/mol. The number of alkyl halides is 3. The van der Waals surface area contributed by atoms with Gasteiger partial charge in [-0.05, 0) is 12.1 Å². The summed E-state index contributed by atoms with van der Waals surface area (Å²) in [6, 6.07) is 3.33. The van der Waals surface area contributed by atoms with Gasteiger partial charge in [0.1, 0.15) is 0 Å². The lowest BCUT2D eigenvalue weighted by molar-refractivity contribution is -0.384. The van der Waals surface area contributed by atoms with Crippen molar-refractivity contribution in [3.63, 3.8) is 0 Å². The van der Waals surface area contributed by atoms with Crippen molar-refractivity contribution >= 4 is 11.4 Å². The Labute approximate surface area is 81.5 Å². The highest BCUT2D eigenvalue weighted by atomic mass is 19.4. The predicted octanol–water partition coefficient (Wildman–Crippen LogP) is 2.31. The fourth-order valence-electron chi connectivity index (χ4n) is 0.862. The standard InChI is InChI=1S/C7H5F3N2O3/c8-7(9,10)11(13)5-1-3-6(4-2-5)12(14)15/h1-4,13H. The number of nitro groups is 1. The molecule has 5 nitrogen and oxygen atoms in total. The second-order valence-corrected chi connectivity index (χ2v) is 2.55. The molecule has 0 aliphatic heterocycles. The van der Waals surface area contributed by atoms with E-state index in [-0.39, 0.29) is 5.69 Å². The van der Waals surface area contributed by atoms with Crippen molar-refractivity contribution in [2.75, 3.05) is 5.06 Å². The molecule has 1 aromatic carbocycles. The SMILES string of the molecule is O=[N+]([O-])c1ccc(N(O)C(F)(F)F)cc1. The van der Waals surface area contributed by atoms with Crippen molar-refractivity contribution in [2.45, 2.75) is 6.30 Å². The second-order valence-electron chi connectivity index (χ2n) is 2.55. The van der Waals surface area contributed by atoms with Crippen LogP contribution in [0.15, 0.2) is 24.3 Å². The van der Waals surface area contributed by atoms with Gasteiger partial charge in [0, 0.05) is 12.1 Å². The summed E-state index contributed by atoms with van der Waals surface area (Å²) in [4.78, 5) is 9.44. The highest BCUT2D eigenvalue weighted by Crippen LogP contribution is 2.27. The van der Waals surface area contributed by atoms with Crippen LogP contribution in [0.2, 0.25) is 0 Å². The molecule has 0 saturated heterocycles. The summed E-state index contributed by atoms with van der Waals surface area (Å²) in [5.41, 5.74) is -0.942. The molecule has 1 N–H and O–H groups in total. The van der Waals surface area contributed by atoms with Crippen LogP contribution in [0, 0.1) is 10.1 Å². The van der Waals surface area contributed by atoms with Gasteiger partial charge in [-0.3, -0.25) is 15.3 Å². The zero-order valence-corrected chi connectivity index (χ0v) is 7.10. The highest BCUT2D eigenvalue weighted by Gasteiger charge is 2.37. The molecular weight excluding hydrogens is 217 g/mol. The van der Waals surface area contributed by atoms with Crippen molar-refractivity contribution in [2.24, 2.45) is 0 Å². The van der Waals surface area contributed by atoms with E-state index in [1.807, 2.05) is 0 Å². The van der Waals surface area contributed by atoms with Crippen LogP contribution >= 0.6 is 0 Å². The third-order valence-electron chi connectivity index (χ3n) is 1.55. The van der Waals surface area contributed by atoms with Crippen LogP contribution in [0.4, 0.5) is 24.5 Å². The normalized spacial score (nSPS) is 11.2. The van der Waals surface area contributed by atoms with E-state index in [0.29, 0.717) is 0 Å². The number of rotatable bonds is 2. The van der Waals surface area contributed by atoms with Gasteiger partial charge < -0.3 is 0 Å². The van der Waals surface area contributed by atoms with Gasteiger partial charge in [0.05, 0.1) is 10.6 Å². The fourth-order valence-corrected chi connectivity index (χ4v) is 0.862. The van der Waals surface area contributed by atoms with Gasteiger partial charge in [-0.25, -0.2) is 0 Å². The minimum Gasteiger partial charge on any atom is -0.281 e. The molecule has 0 aromatic heterocycles. The van der Waals surface area contributed by atoms with Crippen LogP contribution in [-0.4, -0.2) is 16.4 Å². The summed E-state index contributed by atoms with van der Waals surface area (Å²) in [6.45, 7) is 0. The summed E-state index contributed by atoms with van der Waals surface area (Å²) in [6.07, 6.45) is -4.93. The maximum Gasteiger partial charge on any atom is 0.508 e. The van der Waals surface area contributed by atoms with Gasteiger partial charge in [0.15, 0.2) is 0 Å². The first-order valence-corrected chi connectivity index (χ1v) is 3.62. The summed E-state index contributed by atoms with van der Waals surface area (Å²) >= 11 is 0. The quantitative estimate of drug-likeness (QED) is 0.473. The molecule has 0 amide bonds. The molecule has 0 bridgehead atoms. The first-order valence-electron chi connectivity index (χ1n) is 3.62. The first-order chi connectivity index (χ1) is 6.82. The van der Waals surface area contributed by atoms with Crippen molar-refractivity contribution in [3.8, 4) is 0 Å². The average Bonchev–Trinajstić information content (AvgIpc) is 2.15. The van der Waals surface area contributed by atoms with Crippen molar-refractivity contribution in [1.29, 1.82) is 0 Å². The van der Waals surface area contributed by atoms with Crippen LogP contribution in [-0.2, 0) is 0 Å². The largest absolute Gasteiger partial charge is 0.508 e. The number of benzene rings is 1. The number of hydrogen-bond acceptors (Lipinski definition) is 4. The smallest absolute Gasteiger partial charge is 0.281 e. The summed E-state index contributed by atoms with van der Waals surface area (Å²) < 4.78 is 35.8. The van der Waals surface area contributed by atoms with E-state index >= 15 is 0 Å². The number of anilines is 1. The molecule has 0 spiro atoms. The lowest BCUT2D eigenvalue weighted by Gasteiger charge is -2.18. The Balaban J connectivity index is 2.94. The maximum absolute atomic E-state index is 11.9. The van der Waals surface area contributed by atoms with Gasteiger partial charge in [0.2, 0.25) is 0 Å². The lowest BCUT2D eigenvalue weighted by Crippen LogP contribution is -2.34. The van der Waals surface area contributed by atoms with Gasteiger partial charge in [-0.2, -0.15) is 5.06 Å². The lowest BCUT2D eigenvalue weighted by atomic mass is 10.3. The zero-order chi connectivity index (χ0) is 11.6. The van der Waals surface area contributed by atoms with Gasteiger partial charge >= 0.3 is 6.30 Å². The van der Waals surface area contributed by atoms with Crippen LogP contribution in [0.5, 0.6) is 0 Å². The van der Waals surface area contributed by atoms with E-state index in [1.165, 1.54) is 0 Å². The number of non-ortho nitro benzene ring substituents is 1. The average molecular weight is 222 g/mol. The fraction of sp³-hybridized carbons (Fsp3) is 0.143. The first kappa shape index (κ1) is 11.2. The van der Waals surface area contributed by atoms with E-state index in [0.717, 1.165) is 24.3 Å². The van der Waals surface area contributed by atoms with E-state index < -0.39 is 22.0 Å². The number of nitro benzene ring substituents is 1. The van der Waals surface area contributed by atoms with Crippen LogP contribution in [0.3, 0.4) is 0 Å². The molecule has 0 aliphatic carbocycles. The Bertz CT molecular complexity index is 363. The molecule has 0 radical (unpaired) electrons. The summed E-state index contributed by atoms with van der Waals surface area (Å²) in [7, 11) is 0. The number of hydroxylamine groups is 1. The Hall–Kier alpha value is -1.83. The molecule has 15 heavy (non-hydrogen) atoms. The van der Waals surface area contributed by atoms with Crippen LogP contribution in [0.1, 0.15) is 0 Å². The van der Waals surface area contributed by atoms with Gasteiger partial charge in [0.25, 0.3) is 5.69 Å². The molecule has 82 valence electrons. The van der Waals surface area contributed by atoms with E-state index in [4.69, 9.17) is 5.21 Å². The molecule has 0 atom stereocenters. The minimum absolute atomic E-state index is 0.352. The van der Waals surface area contributed by atoms with Crippen molar-refractivity contribution in [3.05, 3.63) is 34.4 Å². The number of hydrogen-bond donors (Lipinski definition) is 1. The Morgan fingerprint density at radius 2 is 1.73 bits per heavy atom. The maximum atomic E-state index is 11.9. The van der Waals surface area contributed by atoms with E-state index in [2.05, 4.69) is 0 Å². The third-order valence-corrected chi connectivity index (χ3v) is 1.55. The third kappa shape index (κ3) is 2.56. The number of nitrogens with zero attached hydrogens (tertiary/aromatic N) is 2. The minimum atomic E-state index is -4.93. The Morgan fingerprint density at radius 3 is 2.07 bits per heavy atom. The second kappa shape index (κ2) is 3.73. The van der Waals surface area contributed by atoms with Crippen LogP contribution < -0.4 is 5.06 Å². The van der Waals surface area contributed by atoms with Crippen LogP contribution in [0.25, 0.3) is 0 Å².